The fourth-order valence-electron chi connectivity index (χ4n) is 5.64. The third kappa shape index (κ3) is 6.14. The highest BCUT2D eigenvalue weighted by molar-refractivity contribution is 7.86. The van der Waals surface area contributed by atoms with Crippen LogP contribution < -0.4 is 14.8 Å². The maximum atomic E-state index is 13.5. The van der Waals surface area contributed by atoms with Crippen LogP contribution in [0.15, 0.2) is 71.6 Å². The molecule has 0 spiro atoms. The first kappa shape index (κ1) is 31.0. The lowest BCUT2D eigenvalue weighted by molar-refractivity contribution is -0.286. The number of carbonyl (C=O) groups excluding carboxylic acids is 1. The molecule has 4 aromatic rings. The molecule has 1 unspecified atom stereocenters. The number of carbonyl (C=O) groups is 1. The fraction of sp³-hybridized carbons (Fsp3) is 0.364. The number of aliphatic hydroxyl groups is 1. The Labute approximate surface area is 259 Å². The van der Waals surface area contributed by atoms with E-state index in [1.807, 2.05) is 50.5 Å². The predicted octanol–water partition coefficient (Wildman–Crippen LogP) is 6.01. The summed E-state index contributed by atoms with van der Waals surface area (Å²) in [6.45, 7) is 7.60. The minimum Gasteiger partial charge on any atom is -0.395 e. The lowest BCUT2D eigenvalue weighted by atomic mass is 9.92. The van der Waals surface area contributed by atoms with Gasteiger partial charge in [-0.2, -0.15) is 8.42 Å². The summed E-state index contributed by atoms with van der Waals surface area (Å²) in [4.78, 5) is 13.5. The van der Waals surface area contributed by atoms with Crippen LogP contribution in [-0.4, -0.2) is 43.0 Å². The molecule has 1 aliphatic carbocycles. The van der Waals surface area contributed by atoms with Crippen molar-refractivity contribution in [3.8, 4) is 11.5 Å². The summed E-state index contributed by atoms with van der Waals surface area (Å²) in [6.07, 6.45) is -3.75. The molecule has 2 heterocycles. The number of alkyl halides is 2. The summed E-state index contributed by atoms with van der Waals surface area (Å²) in [5.41, 5.74) is 2.53. The maximum absolute atomic E-state index is 13.5. The van der Waals surface area contributed by atoms with E-state index in [0.717, 1.165) is 22.2 Å². The van der Waals surface area contributed by atoms with Crippen LogP contribution in [0.2, 0.25) is 0 Å². The van der Waals surface area contributed by atoms with Crippen molar-refractivity contribution in [2.75, 3.05) is 11.9 Å². The lowest BCUT2D eigenvalue weighted by Crippen LogP contribution is -2.28. The van der Waals surface area contributed by atoms with Crippen molar-refractivity contribution >= 4 is 32.6 Å². The largest absolute Gasteiger partial charge is 0.586 e. The van der Waals surface area contributed by atoms with Crippen LogP contribution in [0.3, 0.4) is 0 Å². The highest BCUT2D eigenvalue weighted by Gasteiger charge is 2.52. The van der Waals surface area contributed by atoms with Crippen molar-refractivity contribution in [3.05, 3.63) is 83.6 Å². The highest BCUT2D eigenvalue weighted by atomic mass is 32.2. The predicted molar refractivity (Wildman–Crippen MR) is 163 cm³/mol. The van der Waals surface area contributed by atoms with Crippen molar-refractivity contribution in [1.82, 2.24) is 4.57 Å². The van der Waals surface area contributed by atoms with Gasteiger partial charge >= 0.3 is 6.29 Å². The molecule has 2 aliphatic rings. The summed E-state index contributed by atoms with van der Waals surface area (Å²) in [7, 11) is -4.04. The fourth-order valence-corrected chi connectivity index (χ4v) is 6.58. The number of halogens is 2. The first-order chi connectivity index (χ1) is 21.1. The van der Waals surface area contributed by atoms with Crippen molar-refractivity contribution in [3.63, 3.8) is 0 Å². The molecule has 45 heavy (non-hydrogen) atoms. The summed E-state index contributed by atoms with van der Waals surface area (Å²) in [5.74, 6) is -0.436. The van der Waals surface area contributed by atoms with Gasteiger partial charge in [0, 0.05) is 27.7 Å². The first-order valence-corrected chi connectivity index (χ1v) is 16.0. The molecular weight excluding hydrogens is 606 g/mol. The number of anilines is 1. The van der Waals surface area contributed by atoms with Gasteiger partial charge in [0.15, 0.2) is 11.5 Å². The molecule has 0 radical (unpaired) electrons. The van der Waals surface area contributed by atoms with Crippen molar-refractivity contribution in [2.45, 2.75) is 75.2 Å². The Hall–Kier alpha value is -4.00. The van der Waals surface area contributed by atoms with Gasteiger partial charge < -0.3 is 24.5 Å². The monoisotopic (exact) mass is 640 g/mol. The molecule has 1 atom stereocenters. The minimum absolute atomic E-state index is 0.0183. The van der Waals surface area contributed by atoms with E-state index in [1.165, 1.54) is 24.3 Å². The molecule has 0 bridgehead atoms. The number of aryl methyl sites for hydroxylation is 1. The van der Waals surface area contributed by atoms with E-state index in [4.69, 9.17) is 4.18 Å². The number of ether oxygens (including phenoxy) is 2. The molecule has 1 aromatic heterocycles. The van der Waals surface area contributed by atoms with Gasteiger partial charge in [-0.25, -0.2) is 0 Å². The molecule has 12 heteroatoms. The molecule has 1 saturated carbocycles. The van der Waals surface area contributed by atoms with E-state index >= 15 is 0 Å². The standard InChI is InChI=1S/C33H34F2N2O7S/c1-20-5-9-25(10-6-20)45(40,41)42-19-24(38)18-37-26-11-8-23(15-21(26)16-29(37)31(2,3)4)36-30(39)32(13-14-32)22-7-12-27-28(17-22)44-33(34,35)43-27/h5-12,15-17,24,38H,13-14,18-19H2,1-4H3,(H,36,39). The van der Waals surface area contributed by atoms with E-state index in [-0.39, 0.29) is 34.3 Å². The Morgan fingerprint density at radius 2 is 1.71 bits per heavy atom. The van der Waals surface area contributed by atoms with Gasteiger partial charge in [0.25, 0.3) is 10.1 Å². The number of benzene rings is 3. The van der Waals surface area contributed by atoms with Crippen LogP contribution in [0.4, 0.5) is 14.5 Å². The second-order valence-electron chi connectivity index (χ2n) is 12.7. The number of hydrogen-bond acceptors (Lipinski definition) is 7. The third-order valence-electron chi connectivity index (χ3n) is 8.18. The van der Waals surface area contributed by atoms with Gasteiger partial charge in [0.05, 0.1) is 29.6 Å². The zero-order chi connectivity index (χ0) is 32.4. The summed E-state index contributed by atoms with van der Waals surface area (Å²) in [5, 5.41) is 14.7. The zero-order valence-electron chi connectivity index (χ0n) is 25.3. The molecular formula is C33H34F2N2O7S. The van der Waals surface area contributed by atoms with Gasteiger partial charge in [0.1, 0.15) is 0 Å². The second kappa shape index (κ2) is 10.8. The first-order valence-electron chi connectivity index (χ1n) is 14.6. The molecule has 6 rings (SSSR count). The zero-order valence-corrected chi connectivity index (χ0v) is 26.1. The summed E-state index contributed by atoms with van der Waals surface area (Å²) in [6, 6.07) is 18.1. The molecule has 1 fully saturated rings. The van der Waals surface area contributed by atoms with Crippen LogP contribution in [0.5, 0.6) is 11.5 Å². The second-order valence-corrected chi connectivity index (χ2v) is 14.3. The van der Waals surface area contributed by atoms with Gasteiger partial charge in [0.2, 0.25) is 5.91 Å². The van der Waals surface area contributed by atoms with Crippen LogP contribution in [-0.2, 0) is 36.5 Å². The number of nitrogens with one attached hydrogen (secondary N) is 1. The Bertz CT molecular complexity index is 1890. The summed E-state index contributed by atoms with van der Waals surface area (Å²) >= 11 is 0. The average Bonchev–Trinajstić information content (AvgIpc) is 3.60. The number of aliphatic hydroxyl groups excluding tert-OH is 1. The lowest BCUT2D eigenvalue weighted by Gasteiger charge is -2.24. The molecule has 1 aliphatic heterocycles. The smallest absolute Gasteiger partial charge is 0.395 e. The Morgan fingerprint density at radius 3 is 2.38 bits per heavy atom. The molecule has 3 aromatic carbocycles. The normalized spacial score (nSPS) is 17.3. The number of nitrogens with zero attached hydrogens (tertiary/aromatic N) is 1. The number of amides is 1. The Morgan fingerprint density at radius 1 is 1.02 bits per heavy atom. The van der Waals surface area contributed by atoms with Gasteiger partial charge in [-0.15, -0.1) is 8.78 Å². The topological polar surface area (TPSA) is 116 Å². The van der Waals surface area contributed by atoms with Crippen LogP contribution in [0, 0.1) is 6.92 Å². The van der Waals surface area contributed by atoms with Crippen LogP contribution >= 0.6 is 0 Å². The quantitative estimate of drug-likeness (QED) is 0.216. The van der Waals surface area contributed by atoms with E-state index in [1.54, 1.807) is 24.3 Å². The Kier molecular flexibility index (Phi) is 7.45. The molecule has 1 amide bonds. The van der Waals surface area contributed by atoms with E-state index in [0.29, 0.717) is 24.1 Å². The van der Waals surface area contributed by atoms with E-state index in [2.05, 4.69) is 14.8 Å². The average molecular weight is 641 g/mol. The minimum atomic E-state index is -4.04. The number of hydrogen-bond donors (Lipinski definition) is 2. The molecule has 0 saturated heterocycles. The van der Waals surface area contributed by atoms with E-state index < -0.39 is 34.5 Å². The van der Waals surface area contributed by atoms with Crippen LogP contribution in [0.1, 0.15) is 50.4 Å². The number of aromatic nitrogens is 1. The van der Waals surface area contributed by atoms with Crippen LogP contribution in [0.25, 0.3) is 10.9 Å². The Balaban J connectivity index is 1.19. The van der Waals surface area contributed by atoms with Gasteiger partial charge in [-0.1, -0.05) is 44.5 Å². The van der Waals surface area contributed by atoms with Gasteiger partial charge in [-0.05, 0) is 73.9 Å². The van der Waals surface area contributed by atoms with Crippen molar-refractivity contribution in [2.24, 2.45) is 0 Å². The molecule has 2 N–H and O–H groups in total. The highest BCUT2D eigenvalue weighted by Crippen LogP contribution is 2.52. The maximum Gasteiger partial charge on any atom is 0.586 e. The number of fused-ring (bicyclic) bond motifs is 2. The number of rotatable bonds is 9. The SMILES string of the molecule is Cc1ccc(S(=O)(=O)OCC(O)Cn2c(C(C)(C)C)cc3cc(NC(=O)C4(c5ccc6c(c5)OC(F)(F)O6)CC4)ccc32)cc1. The summed E-state index contributed by atoms with van der Waals surface area (Å²) < 4.78 is 68.5. The molecule has 9 nitrogen and oxygen atoms in total. The molecule has 238 valence electrons. The van der Waals surface area contributed by atoms with Gasteiger partial charge in [-0.3, -0.25) is 8.98 Å². The van der Waals surface area contributed by atoms with Crippen molar-refractivity contribution in [1.29, 1.82) is 0 Å². The van der Waals surface area contributed by atoms with E-state index in [9.17, 15) is 27.1 Å². The third-order valence-corrected chi connectivity index (χ3v) is 9.48. The van der Waals surface area contributed by atoms with Crippen molar-refractivity contribution < 1.29 is 40.8 Å².